The van der Waals surface area contributed by atoms with Gasteiger partial charge in [0, 0.05) is 29.8 Å². The molecule has 172 valence electrons. The maximum Gasteiger partial charge on any atom is 0.234 e. The Balaban J connectivity index is 1.52. The van der Waals surface area contributed by atoms with Crippen molar-refractivity contribution in [3.8, 4) is 17.2 Å². The van der Waals surface area contributed by atoms with Gasteiger partial charge in [-0.25, -0.2) is 4.98 Å². The average molecular weight is 468 g/mol. The fourth-order valence-electron chi connectivity index (χ4n) is 3.68. The normalized spacial score (nSPS) is 11.0. The highest BCUT2D eigenvalue weighted by Gasteiger charge is 2.17. The van der Waals surface area contributed by atoms with Gasteiger partial charge in [0.1, 0.15) is 5.52 Å². The number of carbonyl (C=O) groups is 1. The Kier molecular flexibility index (Phi) is 6.83. The van der Waals surface area contributed by atoms with Crippen molar-refractivity contribution >= 4 is 45.4 Å². The van der Waals surface area contributed by atoms with E-state index < -0.39 is 0 Å². The number of fused-ring (bicyclic) bond motifs is 3. The zero-order chi connectivity index (χ0) is 23.4. The van der Waals surface area contributed by atoms with Crippen molar-refractivity contribution < 1.29 is 19.0 Å². The molecule has 0 aliphatic rings. The van der Waals surface area contributed by atoms with Gasteiger partial charge in [0.25, 0.3) is 0 Å². The van der Waals surface area contributed by atoms with E-state index in [0.717, 1.165) is 35.0 Å². The third-order valence-corrected chi connectivity index (χ3v) is 5.92. The number of nitrogens with one attached hydrogen (secondary N) is 1. The van der Waals surface area contributed by atoms with Crippen LogP contribution in [0.25, 0.3) is 22.1 Å². The minimum absolute atomic E-state index is 0.123. The molecule has 4 rings (SSSR count). The molecule has 2 heterocycles. The number of thioether (sulfide) groups is 1. The Hall–Kier alpha value is -3.53. The van der Waals surface area contributed by atoms with Gasteiger partial charge in [-0.15, -0.1) is 10.2 Å². The van der Waals surface area contributed by atoms with E-state index in [-0.39, 0.29) is 11.7 Å². The topological polar surface area (TPSA) is 100 Å². The molecule has 4 aromatic rings. The smallest absolute Gasteiger partial charge is 0.234 e. The van der Waals surface area contributed by atoms with Gasteiger partial charge in [-0.3, -0.25) is 4.79 Å². The third kappa shape index (κ3) is 4.51. The zero-order valence-corrected chi connectivity index (χ0v) is 19.7. The summed E-state index contributed by atoms with van der Waals surface area (Å²) in [5.74, 6) is 1.29. The molecule has 0 fully saturated rings. The van der Waals surface area contributed by atoms with E-state index in [9.17, 15) is 4.79 Å². The summed E-state index contributed by atoms with van der Waals surface area (Å²) in [5.41, 5.74) is 3.16. The van der Waals surface area contributed by atoms with Crippen LogP contribution in [0.3, 0.4) is 0 Å². The molecule has 0 atom stereocenters. The van der Waals surface area contributed by atoms with E-state index in [0.29, 0.717) is 28.1 Å². The first-order valence-corrected chi connectivity index (χ1v) is 11.4. The fraction of sp³-hybridized carbons (Fsp3) is 0.304. The van der Waals surface area contributed by atoms with Crippen molar-refractivity contribution in [3.63, 3.8) is 0 Å². The highest BCUT2D eigenvalue weighted by Crippen LogP contribution is 2.40. The summed E-state index contributed by atoms with van der Waals surface area (Å²) in [6.07, 6.45) is 0.970. The lowest BCUT2D eigenvalue weighted by molar-refractivity contribution is -0.113. The largest absolute Gasteiger partial charge is 0.493 e. The van der Waals surface area contributed by atoms with Gasteiger partial charge in [-0.2, -0.15) is 0 Å². The number of benzene rings is 2. The average Bonchev–Trinajstić information content (AvgIpc) is 3.15. The summed E-state index contributed by atoms with van der Waals surface area (Å²) in [5, 5.41) is 13.0. The van der Waals surface area contributed by atoms with Crippen LogP contribution < -0.4 is 19.5 Å². The first kappa shape index (κ1) is 22.7. The number of ether oxygens (including phenoxy) is 3. The second-order valence-corrected chi connectivity index (χ2v) is 8.13. The van der Waals surface area contributed by atoms with Crippen LogP contribution in [0, 0.1) is 0 Å². The number of hydrogen-bond acceptors (Lipinski definition) is 8. The van der Waals surface area contributed by atoms with Gasteiger partial charge < -0.3 is 24.1 Å². The minimum Gasteiger partial charge on any atom is -0.493 e. The van der Waals surface area contributed by atoms with Crippen LogP contribution in [-0.2, 0) is 11.3 Å². The SMILES string of the molecule is CCCn1c2ccccc2c2nnc(SCC(=O)Nc3cc(OC)c(OC)c(OC)c3)nc21. The number of aryl methyl sites for hydroxylation is 1. The Labute approximate surface area is 195 Å². The number of methoxy groups -OCH3 is 3. The predicted molar refractivity (Wildman–Crippen MR) is 129 cm³/mol. The van der Waals surface area contributed by atoms with Crippen LogP contribution in [-0.4, -0.2) is 52.7 Å². The Bertz CT molecular complexity index is 1280. The van der Waals surface area contributed by atoms with Crippen molar-refractivity contribution in [2.45, 2.75) is 25.0 Å². The van der Waals surface area contributed by atoms with Crippen LogP contribution in [0.2, 0.25) is 0 Å². The van der Waals surface area contributed by atoms with Crippen molar-refractivity contribution in [3.05, 3.63) is 36.4 Å². The van der Waals surface area contributed by atoms with Gasteiger partial charge in [0.15, 0.2) is 17.1 Å². The highest BCUT2D eigenvalue weighted by atomic mass is 32.2. The lowest BCUT2D eigenvalue weighted by Gasteiger charge is -2.14. The van der Waals surface area contributed by atoms with Gasteiger partial charge in [-0.05, 0) is 12.5 Å². The standard InChI is InChI=1S/C23H25N5O4S/c1-5-10-28-16-9-7-6-8-15(16)20-22(28)25-23(27-26-20)33-13-19(29)24-14-11-17(30-2)21(32-4)18(12-14)31-3/h6-9,11-12H,5,10,13H2,1-4H3,(H,24,29). The Morgan fingerprint density at radius 3 is 2.45 bits per heavy atom. The monoisotopic (exact) mass is 467 g/mol. The molecule has 0 bridgehead atoms. The van der Waals surface area contributed by atoms with Gasteiger partial charge in [0.05, 0.1) is 32.6 Å². The Morgan fingerprint density at radius 2 is 1.79 bits per heavy atom. The number of para-hydroxylation sites is 1. The van der Waals surface area contributed by atoms with Crippen LogP contribution in [0.4, 0.5) is 5.69 Å². The molecule has 1 N–H and O–H groups in total. The van der Waals surface area contributed by atoms with E-state index in [1.807, 2.05) is 18.2 Å². The molecule has 0 unspecified atom stereocenters. The van der Waals surface area contributed by atoms with Gasteiger partial charge in [0.2, 0.25) is 16.8 Å². The van der Waals surface area contributed by atoms with Crippen molar-refractivity contribution in [2.24, 2.45) is 0 Å². The van der Waals surface area contributed by atoms with E-state index in [1.54, 1.807) is 12.1 Å². The van der Waals surface area contributed by atoms with Crippen molar-refractivity contribution in [1.82, 2.24) is 19.7 Å². The first-order chi connectivity index (χ1) is 16.1. The Morgan fingerprint density at radius 1 is 1.06 bits per heavy atom. The molecule has 33 heavy (non-hydrogen) atoms. The molecule has 0 aliphatic carbocycles. The third-order valence-electron chi connectivity index (χ3n) is 5.08. The second-order valence-electron chi connectivity index (χ2n) is 7.19. The van der Waals surface area contributed by atoms with E-state index >= 15 is 0 Å². The van der Waals surface area contributed by atoms with E-state index in [4.69, 9.17) is 19.2 Å². The molecule has 9 nitrogen and oxygen atoms in total. The fourth-order valence-corrected chi connectivity index (χ4v) is 4.26. The summed E-state index contributed by atoms with van der Waals surface area (Å²) >= 11 is 1.23. The summed E-state index contributed by atoms with van der Waals surface area (Å²) in [7, 11) is 4.58. The summed E-state index contributed by atoms with van der Waals surface area (Å²) in [4.78, 5) is 17.3. The quantitative estimate of drug-likeness (QED) is 0.367. The lowest BCUT2D eigenvalue weighted by atomic mass is 10.2. The predicted octanol–water partition coefficient (Wildman–Crippen LogP) is 4.15. The molecule has 2 aromatic heterocycles. The summed E-state index contributed by atoms with van der Waals surface area (Å²) < 4.78 is 18.1. The number of hydrogen-bond donors (Lipinski definition) is 1. The van der Waals surface area contributed by atoms with Crippen molar-refractivity contribution in [1.29, 1.82) is 0 Å². The van der Waals surface area contributed by atoms with E-state index in [2.05, 4.69) is 33.1 Å². The number of aromatic nitrogens is 4. The number of anilines is 1. The second kappa shape index (κ2) is 9.95. The zero-order valence-electron chi connectivity index (χ0n) is 18.9. The summed E-state index contributed by atoms with van der Waals surface area (Å²) in [6.45, 7) is 2.95. The molecule has 2 aromatic carbocycles. The molecule has 0 spiro atoms. The molecule has 0 radical (unpaired) electrons. The molecule has 0 saturated carbocycles. The maximum absolute atomic E-state index is 12.6. The number of rotatable bonds is 9. The van der Waals surface area contributed by atoms with Crippen LogP contribution >= 0.6 is 11.8 Å². The van der Waals surface area contributed by atoms with Crippen molar-refractivity contribution in [2.75, 3.05) is 32.4 Å². The van der Waals surface area contributed by atoms with Crippen LogP contribution in [0.5, 0.6) is 17.2 Å². The molecule has 0 saturated heterocycles. The first-order valence-electron chi connectivity index (χ1n) is 10.4. The number of amides is 1. The molecule has 10 heteroatoms. The van der Waals surface area contributed by atoms with Crippen LogP contribution in [0.15, 0.2) is 41.6 Å². The molecular formula is C23H25N5O4S. The highest BCUT2D eigenvalue weighted by molar-refractivity contribution is 7.99. The lowest BCUT2D eigenvalue weighted by Crippen LogP contribution is -2.14. The maximum atomic E-state index is 12.6. The number of nitrogens with zero attached hydrogens (tertiary/aromatic N) is 4. The van der Waals surface area contributed by atoms with E-state index in [1.165, 1.54) is 33.1 Å². The van der Waals surface area contributed by atoms with Gasteiger partial charge in [-0.1, -0.05) is 36.9 Å². The number of carbonyl (C=O) groups excluding carboxylic acids is 1. The van der Waals surface area contributed by atoms with Gasteiger partial charge >= 0.3 is 0 Å². The summed E-state index contributed by atoms with van der Waals surface area (Å²) in [6, 6.07) is 11.4. The van der Waals surface area contributed by atoms with Crippen LogP contribution in [0.1, 0.15) is 13.3 Å². The molecule has 1 amide bonds. The minimum atomic E-state index is -0.216. The molecule has 0 aliphatic heterocycles. The molecular weight excluding hydrogens is 442 g/mol.